The van der Waals surface area contributed by atoms with Crippen LogP contribution in [-0.2, 0) is 6.54 Å². The van der Waals surface area contributed by atoms with Crippen molar-refractivity contribution in [2.75, 3.05) is 13.3 Å². The number of aromatic nitrogens is 1. The number of thioether (sulfide) groups is 1. The van der Waals surface area contributed by atoms with Crippen LogP contribution in [-0.4, -0.2) is 34.5 Å². The zero-order chi connectivity index (χ0) is 11.5. The summed E-state index contributed by atoms with van der Waals surface area (Å²) in [5.74, 6) is 0. The Morgan fingerprint density at radius 3 is 2.94 bits per heavy atom. The van der Waals surface area contributed by atoms with Crippen LogP contribution in [0.2, 0.25) is 0 Å². The highest BCUT2D eigenvalue weighted by Crippen LogP contribution is 2.31. The van der Waals surface area contributed by atoms with E-state index in [1.54, 1.807) is 11.3 Å². The standard InChI is InChI=1S/C12H20N2S2/c1-9-13-10(8-16-9)7-14(2)11-4-5-12(6-11)15-3/h8,11-12H,4-7H2,1-3H3/t11-,12-/m1/s1. The van der Waals surface area contributed by atoms with Crippen LogP contribution in [0.5, 0.6) is 0 Å². The van der Waals surface area contributed by atoms with E-state index in [2.05, 4.69) is 35.5 Å². The Labute approximate surface area is 106 Å². The molecule has 1 aromatic heterocycles. The molecule has 1 saturated carbocycles. The molecular weight excluding hydrogens is 236 g/mol. The molecule has 1 fully saturated rings. The molecule has 1 aromatic rings. The van der Waals surface area contributed by atoms with Crippen LogP contribution in [0.4, 0.5) is 0 Å². The lowest BCUT2D eigenvalue weighted by Gasteiger charge is -2.23. The molecule has 0 radical (unpaired) electrons. The highest BCUT2D eigenvalue weighted by atomic mass is 32.2. The summed E-state index contributed by atoms with van der Waals surface area (Å²) in [6.07, 6.45) is 6.31. The molecule has 0 bridgehead atoms. The molecule has 1 heterocycles. The van der Waals surface area contributed by atoms with Crippen molar-refractivity contribution in [2.45, 2.75) is 44.0 Å². The Balaban J connectivity index is 1.86. The van der Waals surface area contributed by atoms with Gasteiger partial charge < -0.3 is 0 Å². The first-order valence-electron chi connectivity index (χ1n) is 5.83. The lowest BCUT2D eigenvalue weighted by molar-refractivity contribution is 0.235. The van der Waals surface area contributed by atoms with Crippen molar-refractivity contribution in [2.24, 2.45) is 0 Å². The molecule has 0 aromatic carbocycles. The van der Waals surface area contributed by atoms with Gasteiger partial charge in [-0.25, -0.2) is 4.98 Å². The number of hydrogen-bond acceptors (Lipinski definition) is 4. The normalized spacial score (nSPS) is 25.5. The summed E-state index contributed by atoms with van der Waals surface area (Å²) >= 11 is 3.78. The van der Waals surface area contributed by atoms with Gasteiger partial charge in [-0.05, 0) is 39.5 Å². The minimum Gasteiger partial charge on any atom is -0.298 e. The SMILES string of the molecule is CS[C@@H]1CC[C@@H](N(C)Cc2csc(C)n2)C1. The Kier molecular flexibility index (Phi) is 4.27. The van der Waals surface area contributed by atoms with E-state index in [-0.39, 0.29) is 0 Å². The average Bonchev–Trinajstić information content (AvgIpc) is 2.87. The summed E-state index contributed by atoms with van der Waals surface area (Å²) in [5.41, 5.74) is 1.23. The van der Waals surface area contributed by atoms with Crippen LogP contribution in [0.25, 0.3) is 0 Å². The number of rotatable bonds is 4. The van der Waals surface area contributed by atoms with Crippen molar-refractivity contribution in [3.05, 3.63) is 16.1 Å². The van der Waals surface area contributed by atoms with Gasteiger partial charge in [0.15, 0.2) is 0 Å². The van der Waals surface area contributed by atoms with Gasteiger partial charge in [0.2, 0.25) is 0 Å². The maximum atomic E-state index is 4.53. The molecule has 2 rings (SSSR count). The van der Waals surface area contributed by atoms with E-state index in [1.165, 1.54) is 30.0 Å². The van der Waals surface area contributed by atoms with Crippen LogP contribution in [0.3, 0.4) is 0 Å². The molecule has 1 aliphatic carbocycles. The first-order chi connectivity index (χ1) is 7.69. The van der Waals surface area contributed by atoms with Gasteiger partial charge >= 0.3 is 0 Å². The number of aryl methyl sites for hydroxylation is 1. The predicted molar refractivity (Wildman–Crippen MR) is 73.3 cm³/mol. The fourth-order valence-electron chi connectivity index (χ4n) is 2.40. The topological polar surface area (TPSA) is 16.1 Å². The molecule has 0 spiro atoms. The first kappa shape index (κ1) is 12.4. The van der Waals surface area contributed by atoms with Gasteiger partial charge in [0.05, 0.1) is 10.7 Å². The van der Waals surface area contributed by atoms with E-state index in [9.17, 15) is 0 Å². The Bertz CT molecular complexity index is 338. The van der Waals surface area contributed by atoms with E-state index in [0.717, 1.165) is 17.8 Å². The third-order valence-corrected chi connectivity index (χ3v) is 5.31. The second kappa shape index (κ2) is 5.52. The summed E-state index contributed by atoms with van der Waals surface area (Å²) < 4.78 is 0. The van der Waals surface area contributed by atoms with Gasteiger partial charge in [0.25, 0.3) is 0 Å². The largest absolute Gasteiger partial charge is 0.298 e. The zero-order valence-corrected chi connectivity index (χ0v) is 11.9. The zero-order valence-electron chi connectivity index (χ0n) is 10.3. The fraction of sp³-hybridized carbons (Fsp3) is 0.750. The first-order valence-corrected chi connectivity index (χ1v) is 8.00. The minimum absolute atomic E-state index is 0.763. The number of thiazole rings is 1. The van der Waals surface area contributed by atoms with Crippen LogP contribution >= 0.6 is 23.1 Å². The molecule has 1 aliphatic rings. The van der Waals surface area contributed by atoms with Gasteiger partial charge in [-0.2, -0.15) is 11.8 Å². The van der Waals surface area contributed by atoms with E-state index in [0.29, 0.717) is 0 Å². The molecule has 0 unspecified atom stereocenters. The molecule has 0 aliphatic heterocycles. The number of nitrogens with zero attached hydrogens (tertiary/aromatic N) is 2. The minimum atomic E-state index is 0.763. The molecule has 0 amide bonds. The smallest absolute Gasteiger partial charge is 0.0897 e. The summed E-state index contributed by atoms with van der Waals surface area (Å²) in [6, 6.07) is 0.763. The Morgan fingerprint density at radius 2 is 2.38 bits per heavy atom. The van der Waals surface area contributed by atoms with E-state index in [4.69, 9.17) is 0 Å². The third kappa shape index (κ3) is 2.99. The number of hydrogen-bond donors (Lipinski definition) is 0. The van der Waals surface area contributed by atoms with Crippen molar-refractivity contribution in [1.82, 2.24) is 9.88 Å². The highest BCUT2D eigenvalue weighted by Gasteiger charge is 2.26. The molecule has 2 nitrogen and oxygen atoms in total. The van der Waals surface area contributed by atoms with Crippen LogP contribution in [0.1, 0.15) is 30.0 Å². The van der Waals surface area contributed by atoms with Gasteiger partial charge in [0.1, 0.15) is 0 Å². The third-order valence-electron chi connectivity index (χ3n) is 3.39. The molecular formula is C12H20N2S2. The maximum Gasteiger partial charge on any atom is 0.0897 e. The average molecular weight is 256 g/mol. The summed E-state index contributed by atoms with van der Waals surface area (Å²) in [5, 5.41) is 4.24. The van der Waals surface area contributed by atoms with Gasteiger partial charge in [-0.15, -0.1) is 11.3 Å². The van der Waals surface area contributed by atoms with Crippen molar-refractivity contribution in [1.29, 1.82) is 0 Å². The molecule has 90 valence electrons. The van der Waals surface area contributed by atoms with Crippen LogP contribution in [0.15, 0.2) is 5.38 Å². The molecule has 2 atom stereocenters. The maximum absolute atomic E-state index is 4.53. The van der Waals surface area contributed by atoms with Crippen LogP contribution in [0, 0.1) is 6.92 Å². The Hall–Kier alpha value is -0.0600. The predicted octanol–water partition coefficient (Wildman–Crippen LogP) is 3.17. The molecule has 16 heavy (non-hydrogen) atoms. The fourth-order valence-corrected chi connectivity index (χ4v) is 3.79. The molecule has 0 N–H and O–H groups in total. The summed E-state index contributed by atoms with van der Waals surface area (Å²) in [7, 11) is 2.24. The molecule has 0 saturated heterocycles. The van der Waals surface area contributed by atoms with Crippen LogP contribution < -0.4 is 0 Å². The van der Waals surface area contributed by atoms with E-state index < -0.39 is 0 Å². The molecule has 4 heteroatoms. The summed E-state index contributed by atoms with van der Waals surface area (Å²) in [4.78, 5) is 7.01. The van der Waals surface area contributed by atoms with Crippen molar-refractivity contribution in [3.8, 4) is 0 Å². The Morgan fingerprint density at radius 1 is 1.56 bits per heavy atom. The lowest BCUT2D eigenvalue weighted by Crippen LogP contribution is -2.29. The lowest BCUT2D eigenvalue weighted by atomic mass is 10.2. The van der Waals surface area contributed by atoms with Crippen molar-refractivity contribution >= 4 is 23.1 Å². The second-order valence-corrected chi connectivity index (χ2v) is 6.80. The van der Waals surface area contributed by atoms with E-state index >= 15 is 0 Å². The van der Waals surface area contributed by atoms with Gasteiger partial charge in [-0.3, -0.25) is 4.90 Å². The second-order valence-electron chi connectivity index (χ2n) is 4.60. The van der Waals surface area contributed by atoms with E-state index in [1.807, 2.05) is 11.8 Å². The summed E-state index contributed by atoms with van der Waals surface area (Å²) in [6.45, 7) is 3.09. The quantitative estimate of drug-likeness (QED) is 0.823. The van der Waals surface area contributed by atoms with Gasteiger partial charge in [-0.1, -0.05) is 0 Å². The van der Waals surface area contributed by atoms with Crippen molar-refractivity contribution < 1.29 is 0 Å². The highest BCUT2D eigenvalue weighted by molar-refractivity contribution is 7.99. The van der Waals surface area contributed by atoms with Crippen molar-refractivity contribution in [3.63, 3.8) is 0 Å². The monoisotopic (exact) mass is 256 g/mol. The van der Waals surface area contributed by atoms with Gasteiger partial charge in [0, 0.05) is 23.2 Å².